The summed E-state index contributed by atoms with van der Waals surface area (Å²) >= 11 is 1.74. The number of thioether (sulfide) groups is 1. The molecule has 0 saturated carbocycles. The Labute approximate surface area is 141 Å². The normalized spacial score (nSPS) is 21.3. The highest BCUT2D eigenvalue weighted by Crippen LogP contribution is 2.28. The number of ether oxygens (including phenoxy) is 1. The second-order valence-electron chi connectivity index (χ2n) is 5.85. The van der Waals surface area contributed by atoms with Gasteiger partial charge in [-0.25, -0.2) is 4.39 Å². The van der Waals surface area contributed by atoms with Gasteiger partial charge < -0.3 is 10.1 Å². The zero-order chi connectivity index (χ0) is 16.1. The lowest BCUT2D eigenvalue weighted by Crippen LogP contribution is -2.40. The van der Waals surface area contributed by atoms with E-state index in [1.807, 2.05) is 12.1 Å². The predicted molar refractivity (Wildman–Crippen MR) is 93.4 cm³/mol. The molecule has 0 aromatic heterocycles. The van der Waals surface area contributed by atoms with E-state index in [9.17, 15) is 4.39 Å². The lowest BCUT2D eigenvalue weighted by atomic mass is 9.88. The number of rotatable bonds is 5. The maximum Gasteiger partial charge on any atom is 0.123 e. The van der Waals surface area contributed by atoms with E-state index in [0.29, 0.717) is 12.5 Å². The zero-order valence-electron chi connectivity index (χ0n) is 13.3. The van der Waals surface area contributed by atoms with Gasteiger partial charge in [0.1, 0.15) is 5.82 Å². The molecule has 0 aliphatic carbocycles. The highest BCUT2D eigenvalue weighted by molar-refractivity contribution is 7.98. The predicted octanol–water partition coefficient (Wildman–Crippen LogP) is 4.21. The Morgan fingerprint density at radius 3 is 2.57 bits per heavy atom. The quantitative estimate of drug-likeness (QED) is 0.829. The zero-order valence-corrected chi connectivity index (χ0v) is 14.1. The standard InChI is InChI=1S/C19H22FNOS/c1-23-17-8-2-14(3-9-17)13-22-19-12-21-11-10-18(19)15-4-6-16(20)7-5-15/h2-9,18-19,21H,10-13H2,1H3. The minimum Gasteiger partial charge on any atom is -0.372 e. The number of halogens is 1. The van der Waals surface area contributed by atoms with Gasteiger partial charge in [-0.15, -0.1) is 11.8 Å². The average Bonchev–Trinajstić information content (AvgIpc) is 2.61. The van der Waals surface area contributed by atoms with Crippen LogP contribution < -0.4 is 5.32 Å². The van der Waals surface area contributed by atoms with Crippen LogP contribution in [-0.2, 0) is 11.3 Å². The average molecular weight is 331 g/mol. The lowest BCUT2D eigenvalue weighted by molar-refractivity contribution is 0.0106. The number of hydrogen-bond donors (Lipinski definition) is 1. The van der Waals surface area contributed by atoms with Crippen molar-refractivity contribution < 1.29 is 9.13 Å². The molecule has 0 radical (unpaired) electrons. The van der Waals surface area contributed by atoms with Gasteiger partial charge in [-0.3, -0.25) is 0 Å². The van der Waals surface area contributed by atoms with Gasteiger partial charge in [0.25, 0.3) is 0 Å². The molecule has 23 heavy (non-hydrogen) atoms. The minimum atomic E-state index is -0.186. The fourth-order valence-electron chi connectivity index (χ4n) is 3.02. The van der Waals surface area contributed by atoms with Crippen molar-refractivity contribution >= 4 is 11.8 Å². The molecular formula is C19H22FNOS. The van der Waals surface area contributed by atoms with E-state index < -0.39 is 0 Å². The van der Waals surface area contributed by atoms with Crippen molar-refractivity contribution in [3.63, 3.8) is 0 Å². The smallest absolute Gasteiger partial charge is 0.123 e. The van der Waals surface area contributed by atoms with Crippen molar-refractivity contribution in [2.75, 3.05) is 19.3 Å². The molecule has 1 aliphatic heterocycles. The Morgan fingerprint density at radius 2 is 1.87 bits per heavy atom. The summed E-state index contributed by atoms with van der Waals surface area (Å²) in [5.41, 5.74) is 2.35. The summed E-state index contributed by atoms with van der Waals surface area (Å²) in [7, 11) is 0. The Morgan fingerprint density at radius 1 is 1.13 bits per heavy atom. The maximum atomic E-state index is 13.1. The van der Waals surface area contributed by atoms with Crippen LogP contribution in [0.1, 0.15) is 23.5 Å². The molecule has 1 N–H and O–H groups in total. The summed E-state index contributed by atoms with van der Waals surface area (Å²) in [6, 6.07) is 15.3. The molecule has 2 aromatic rings. The summed E-state index contributed by atoms with van der Waals surface area (Å²) in [5, 5.41) is 3.40. The van der Waals surface area contributed by atoms with Gasteiger partial charge in [0.15, 0.2) is 0 Å². The van der Waals surface area contributed by atoms with E-state index in [1.165, 1.54) is 22.6 Å². The number of nitrogens with one attached hydrogen (secondary N) is 1. The van der Waals surface area contributed by atoms with Crippen molar-refractivity contribution in [3.8, 4) is 0 Å². The van der Waals surface area contributed by atoms with E-state index in [4.69, 9.17) is 4.74 Å². The third-order valence-electron chi connectivity index (χ3n) is 4.35. The van der Waals surface area contributed by atoms with Crippen molar-refractivity contribution in [3.05, 3.63) is 65.5 Å². The van der Waals surface area contributed by atoms with Crippen LogP contribution in [-0.4, -0.2) is 25.4 Å². The fourth-order valence-corrected chi connectivity index (χ4v) is 3.43. The molecule has 1 heterocycles. The van der Waals surface area contributed by atoms with Crippen molar-refractivity contribution in [1.82, 2.24) is 5.32 Å². The Balaban J connectivity index is 1.65. The van der Waals surface area contributed by atoms with Crippen molar-refractivity contribution in [2.24, 2.45) is 0 Å². The molecule has 0 bridgehead atoms. The molecule has 2 aromatic carbocycles. The van der Waals surface area contributed by atoms with Crippen LogP contribution >= 0.6 is 11.8 Å². The summed E-state index contributed by atoms with van der Waals surface area (Å²) in [6.07, 6.45) is 3.21. The highest BCUT2D eigenvalue weighted by Gasteiger charge is 2.27. The first kappa shape index (κ1) is 16.5. The van der Waals surface area contributed by atoms with Gasteiger partial charge in [-0.2, -0.15) is 0 Å². The van der Waals surface area contributed by atoms with Crippen molar-refractivity contribution in [1.29, 1.82) is 0 Å². The summed E-state index contributed by atoms with van der Waals surface area (Å²) in [5.74, 6) is 0.136. The van der Waals surface area contributed by atoms with Crippen LogP contribution in [0.2, 0.25) is 0 Å². The SMILES string of the molecule is CSc1ccc(COC2CNCCC2c2ccc(F)cc2)cc1. The number of benzene rings is 2. The van der Waals surface area contributed by atoms with Crippen LogP contribution in [0.15, 0.2) is 53.4 Å². The molecule has 2 nitrogen and oxygen atoms in total. The van der Waals surface area contributed by atoms with Gasteiger partial charge >= 0.3 is 0 Å². The first-order valence-corrected chi connectivity index (χ1v) is 9.19. The topological polar surface area (TPSA) is 21.3 Å². The van der Waals surface area contributed by atoms with E-state index in [2.05, 4.69) is 35.8 Å². The van der Waals surface area contributed by atoms with Gasteiger partial charge in [0, 0.05) is 17.4 Å². The first-order chi connectivity index (χ1) is 11.3. The van der Waals surface area contributed by atoms with Gasteiger partial charge in [-0.1, -0.05) is 24.3 Å². The first-order valence-electron chi connectivity index (χ1n) is 7.97. The highest BCUT2D eigenvalue weighted by atomic mass is 32.2. The third kappa shape index (κ3) is 4.34. The van der Waals surface area contributed by atoms with Gasteiger partial charge in [0.2, 0.25) is 0 Å². The molecule has 2 unspecified atom stereocenters. The minimum absolute atomic E-state index is 0.120. The van der Waals surface area contributed by atoms with E-state index >= 15 is 0 Å². The van der Waals surface area contributed by atoms with E-state index in [1.54, 1.807) is 11.8 Å². The molecule has 2 atom stereocenters. The summed E-state index contributed by atoms with van der Waals surface area (Å²) in [4.78, 5) is 1.26. The second-order valence-corrected chi connectivity index (χ2v) is 6.73. The third-order valence-corrected chi connectivity index (χ3v) is 5.09. The van der Waals surface area contributed by atoms with Crippen molar-refractivity contribution in [2.45, 2.75) is 29.9 Å². The second kappa shape index (κ2) is 7.95. The lowest BCUT2D eigenvalue weighted by Gasteiger charge is -2.32. The molecule has 1 aliphatic rings. The Hall–Kier alpha value is -1.36. The van der Waals surface area contributed by atoms with Crippen LogP contribution in [0.25, 0.3) is 0 Å². The van der Waals surface area contributed by atoms with Gasteiger partial charge in [0.05, 0.1) is 12.7 Å². The van der Waals surface area contributed by atoms with E-state index in [-0.39, 0.29) is 11.9 Å². The Kier molecular flexibility index (Phi) is 5.70. The summed E-state index contributed by atoms with van der Waals surface area (Å²) in [6.45, 7) is 2.42. The van der Waals surface area contributed by atoms with Crippen LogP contribution in [0.4, 0.5) is 4.39 Å². The fraction of sp³-hybridized carbons (Fsp3) is 0.368. The Bertz CT molecular complexity index is 614. The van der Waals surface area contributed by atoms with Crippen LogP contribution in [0, 0.1) is 5.82 Å². The molecule has 3 rings (SSSR count). The molecule has 0 spiro atoms. The van der Waals surface area contributed by atoms with Crippen LogP contribution in [0.5, 0.6) is 0 Å². The monoisotopic (exact) mass is 331 g/mol. The van der Waals surface area contributed by atoms with Gasteiger partial charge in [-0.05, 0) is 54.6 Å². The molecule has 0 amide bonds. The molecule has 4 heteroatoms. The maximum absolute atomic E-state index is 13.1. The number of piperidine rings is 1. The molecular weight excluding hydrogens is 309 g/mol. The van der Waals surface area contributed by atoms with Crippen LogP contribution in [0.3, 0.4) is 0 Å². The molecule has 122 valence electrons. The largest absolute Gasteiger partial charge is 0.372 e. The molecule has 1 fully saturated rings. The number of hydrogen-bond acceptors (Lipinski definition) is 3. The summed E-state index contributed by atoms with van der Waals surface area (Å²) < 4.78 is 19.3. The van der Waals surface area contributed by atoms with E-state index in [0.717, 1.165) is 25.1 Å². The molecule has 1 saturated heterocycles.